The molecule has 0 radical (unpaired) electrons. The smallest absolute Gasteiger partial charge is 0.250 e. The second kappa shape index (κ2) is 6.72. The molecule has 7 nitrogen and oxygen atoms in total. The summed E-state index contributed by atoms with van der Waals surface area (Å²) in [5.74, 6) is 0.312. The van der Waals surface area contributed by atoms with Crippen LogP contribution in [0.4, 0.5) is 0 Å². The quantitative estimate of drug-likeness (QED) is 0.753. The maximum atomic E-state index is 13.2. The van der Waals surface area contributed by atoms with E-state index in [1.807, 2.05) is 6.07 Å². The lowest BCUT2D eigenvalue weighted by Gasteiger charge is -2.31. The van der Waals surface area contributed by atoms with Gasteiger partial charge in [0.2, 0.25) is 11.8 Å². The predicted octanol–water partition coefficient (Wildman–Crippen LogP) is 0.665. The largest absolute Gasteiger partial charge is 0.396 e. The number of nitrogens with one attached hydrogen (secondary N) is 1. The number of rotatable bonds is 6. The first-order chi connectivity index (χ1) is 13.6. The number of likely N-dealkylation sites (tertiary alicyclic amines) is 1. The van der Waals surface area contributed by atoms with E-state index in [9.17, 15) is 19.5 Å². The third-order valence-electron chi connectivity index (χ3n) is 6.93. The number of hydrogen-bond donors (Lipinski definition) is 2. The number of nitrogens with zero attached hydrogens (tertiary/aromatic N) is 2. The van der Waals surface area contributed by atoms with Gasteiger partial charge in [-0.25, -0.2) is 0 Å². The Labute approximate surface area is 163 Å². The third kappa shape index (κ3) is 2.96. The van der Waals surface area contributed by atoms with Crippen LogP contribution in [-0.4, -0.2) is 45.6 Å². The van der Waals surface area contributed by atoms with E-state index < -0.39 is 6.04 Å². The fourth-order valence-electron chi connectivity index (χ4n) is 5.06. The topological polar surface area (TPSA) is 91.6 Å². The Kier molecular flexibility index (Phi) is 4.30. The molecule has 7 heteroatoms. The second-order valence-electron chi connectivity index (χ2n) is 8.94. The molecule has 0 spiro atoms. The van der Waals surface area contributed by atoms with Crippen molar-refractivity contribution in [2.75, 3.05) is 13.2 Å². The van der Waals surface area contributed by atoms with Gasteiger partial charge in [-0.1, -0.05) is 6.07 Å². The highest BCUT2D eigenvalue weighted by atomic mass is 16.3. The minimum absolute atomic E-state index is 0.0234. The molecule has 0 bridgehead atoms. The van der Waals surface area contributed by atoms with E-state index in [1.54, 1.807) is 15.5 Å². The highest BCUT2D eigenvalue weighted by molar-refractivity contribution is 5.89. The van der Waals surface area contributed by atoms with Crippen LogP contribution in [0.5, 0.6) is 0 Å². The Bertz CT molecular complexity index is 857. The molecule has 1 saturated heterocycles. The lowest BCUT2D eigenvalue weighted by atomic mass is 9.88. The van der Waals surface area contributed by atoms with E-state index in [4.69, 9.17) is 0 Å². The number of aliphatic hydroxyl groups excluding tert-OH is 1. The minimum atomic E-state index is -0.658. The Hall–Kier alpha value is -2.15. The number of carbonyl (C=O) groups excluding carboxylic acids is 2. The van der Waals surface area contributed by atoms with Crippen molar-refractivity contribution >= 4 is 11.8 Å². The lowest BCUT2D eigenvalue weighted by Crippen LogP contribution is -2.50. The van der Waals surface area contributed by atoms with E-state index in [2.05, 4.69) is 5.32 Å². The summed E-state index contributed by atoms with van der Waals surface area (Å²) in [4.78, 5) is 40.4. The Morgan fingerprint density at radius 2 is 1.89 bits per heavy atom. The van der Waals surface area contributed by atoms with Crippen molar-refractivity contribution in [3.8, 4) is 0 Å². The molecule has 150 valence electrons. The summed E-state index contributed by atoms with van der Waals surface area (Å²) >= 11 is 0. The fraction of sp³-hybridized carbons (Fsp3) is 0.667. The molecule has 28 heavy (non-hydrogen) atoms. The van der Waals surface area contributed by atoms with Gasteiger partial charge in [0.25, 0.3) is 5.56 Å². The van der Waals surface area contributed by atoms with Gasteiger partial charge in [0.05, 0.1) is 6.04 Å². The van der Waals surface area contributed by atoms with Crippen LogP contribution >= 0.6 is 0 Å². The number of carbonyl (C=O) groups is 2. The number of hydrogen-bond acceptors (Lipinski definition) is 4. The summed E-state index contributed by atoms with van der Waals surface area (Å²) in [5, 5.41) is 13.2. The summed E-state index contributed by atoms with van der Waals surface area (Å²) in [6, 6.07) is 4.15. The van der Waals surface area contributed by atoms with Gasteiger partial charge in [0, 0.05) is 49.7 Å². The molecule has 5 rings (SSSR count). The normalized spacial score (nSPS) is 30.8. The number of aromatic nitrogens is 1. The molecule has 2 aliphatic carbocycles. The Balaban J connectivity index is 1.50. The van der Waals surface area contributed by atoms with Gasteiger partial charge >= 0.3 is 0 Å². The summed E-state index contributed by atoms with van der Waals surface area (Å²) in [6.45, 7) is 0.923. The van der Waals surface area contributed by atoms with Crippen LogP contribution in [0, 0.1) is 23.7 Å². The maximum Gasteiger partial charge on any atom is 0.250 e. The lowest BCUT2D eigenvalue weighted by molar-refractivity contribution is -0.142. The fourth-order valence-corrected chi connectivity index (χ4v) is 5.06. The van der Waals surface area contributed by atoms with Gasteiger partial charge in [-0.05, 0) is 43.6 Å². The molecular formula is C21H27N3O4. The Morgan fingerprint density at radius 1 is 1.14 bits per heavy atom. The molecular weight excluding hydrogens is 358 g/mol. The summed E-state index contributed by atoms with van der Waals surface area (Å²) in [6.07, 6.45) is 4.85. The Morgan fingerprint density at radius 3 is 2.57 bits per heavy atom. The van der Waals surface area contributed by atoms with Crippen LogP contribution in [0.3, 0.4) is 0 Å². The van der Waals surface area contributed by atoms with Crippen molar-refractivity contribution in [1.29, 1.82) is 0 Å². The summed E-state index contributed by atoms with van der Waals surface area (Å²) < 4.78 is 1.70. The van der Waals surface area contributed by atoms with E-state index in [0.29, 0.717) is 31.3 Å². The molecule has 3 fully saturated rings. The van der Waals surface area contributed by atoms with Gasteiger partial charge in [-0.3, -0.25) is 14.4 Å². The van der Waals surface area contributed by atoms with Crippen LogP contribution in [0.15, 0.2) is 23.0 Å². The zero-order valence-electron chi connectivity index (χ0n) is 15.9. The highest BCUT2D eigenvalue weighted by Gasteiger charge is 2.57. The van der Waals surface area contributed by atoms with Crippen LogP contribution in [0.2, 0.25) is 0 Å². The van der Waals surface area contributed by atoms with Crippen molar-refractivity contribution in [3.63, 3.8) is 0 Å². The first-order valence-corrected chi connectivity index (χ1v) is 10.5. The van der Waals surface area contributed by atoms with E-state index in [1.165, 1.54) is 6.07 Å². The van der Waals surface area contributed by atoms with E-state index >= 15 is 0 Å². The molecule has 2 amide bonds. The standard InChI is InChI=1S/C21H27N3O4/c25-11-15-14-10-23-16(2-1-3-17(23)26)19(14)24(18(27)8-12-4-5-12)20(15)21(28)22-9-13-6-7-13/h1-3,12-15,19-20,25H,4-11H2,(H,22,28)/t14-,15-,19+,20-/m0/s1. The van der Waals surface area contributed by atoms with Crippen molar-refractivity contribution in [2.24, 2.45) is 23.7 Å². The molecule has 0 unspecified atom stereocenters. The first kappa shape index (κ1) is 17.9. The average Bonchev–Trinajstić information content (AvgIpc) is 3.59. The molecule has 2 saturated carbocycles. The monoisotopic (exact) mass is 385 g/mol. The molecule has 2 aliphatic heterocycles. The number of aliphatic hydroxyl groups is 1. The molecule has 1 aromatic rings. The zero-order chi connectivity index (χ0) is 19.4. The molecule has 0 aromatic carbocycles. The van der Waals surface area contributed by atoms with Crippen LogP contribution in [0.25, 0.3) is 0 Å². The van der Waals surface area contributed by atoms with Gasteiger partial charge in [-0.2, -0.15) is 0 Å². The van der Waals surface area contributed by atoms with E-state index in [-0.39, 0.29) is 41.9 Å². The second-order valence-corrected chi connectivity index (χ2v) is 8.94. The molecule has 1 aromatic heterocycles. The first-order valence-electron chi connectivity index (χ1n) is 10.5. The average molecular weight is 385 g/mol. The number of fused-ring (bicyclic) bond motifs is 3. The van der Waals surface area contributed by atoms with Crippen molar-refractivity contribution in [2.45, 2.75) is 50.7 Å². The molecule has 4 aliphatic rings. The maximum absolute atomic E-state index is 13.2. The summed E-state index contributed by atoms with van der Waals surface area (Å²) in [7, 11) is 0. The van der Waals surface area contributed by atoms with Crippen molar-refractivity contribution in [1.82, 2.24) is 14.8 Å². The van der Waals surface area contributed by atoms with Gasteiger partial charge in [-0.15, -0.1) is 0 Å². The molecule has 3 heterocycles. The predicted molar refractivity (Wildman–Crippen MR) is 101 cm³/mol. The molecule has 2 N–H and O–H groups in total. The van der Waals surface area contributed by atoms with Crippen molar-refractivity contribution in [3.05, 3.63) is 34.2 Å². The van der Waals surface area contributed by atoms with Crippen LogP contribution < -0.4 is 10.9 Å². The van der Waals surface area contributed by atoms with Crippen molar-refractivity contribution < 1.29 is 14.7 Å². The number of pyridine rings is 1. The zero-order valence-corrected chi connectivity index (χ0v) is 15.9. The molecule has 4 atom stereocenters. The van der Waals surface area contributed by atoms with Gasteiger partial charge in [0.15, 0.2) is 0 Å². The van der Waals surface area contributed by atoms with E-state index in [0.717, 1.165) is 31.4 Å². The van der Waals surface area contributed by atoms with Crippen LogP contribution in [-0.2, 0) is 16.1 Å². The van der Waals surface area contributed by atoms with Gasteiger partial charge in [0.1, 0.15) is 6.04 Å². The number of amides is 2. The SMILES string of the molecule is O=C(NCC1CC1)[C@@H]1[C@@H](CO)[C@@H]2Cn3c(cccc3=O)[C@@H]2N1C(=O)CC1CC1. The highest BCUT2D eigenvalue weighted by Crippen LogP contribution is 2.50. The minimum Gasteiger partial charge on any atom is -0.396 e. The summed E-state index contributed by atoms with van der Waals surface area (Å²) in [5.41, 5.74) is 0.700. The van der Waals surface area contributed by atoms with Crippen LogP contribution in [0.1, 0.15) is 43.8 Å². The third-order valence-corrected chi connectivity index (χ3v) is 6.93. The van der Waals surface area contributed by atoms with Gasteiger partial charge < -0.3 is 19.9 Å².